The molecular weight excluding hydrogens is 270 g/mol. The van der Waals surface area contributed by atoms with E-state index in [2.05, 4.69) is 22.5 Å². The van der Waals surface area contributed by atoms with Gasteiger partial charge in [-0.25, -0.2) is 4.79 Å². The van der Waals surface area contributed by atoms with Crippen LogP contribution in [0.5, 0.6) is 0 Å². The lowest BCUT2D eigenvalue weighted by Gasteiger charge is -2.34. The Kier molecular flexibility index (Phi) is 5.45. The molecule has 6 heteroatoms. The number of likely N-dealkylation sites (tertiary alicyclic amines) is 1. The molecule has 21 heavy (non-hydrogen) atoms. The smallest absolute Gasteiger partial charge is 0.315 e. The number of nitrogens with zero attached hydrogens (tertiary/aromatic N) is 1. The Bertz CT molecular complexity index is 380. The number of amides is 2. The van der Waals surface area contributed by atoms with Crippen molar-refractivity contribution >= 4 is 12.0 Å². The van der Waals surface area contributed by atoms with Crippen LogP contribution in [-0.4, -0.2) is 53.2 Å². The van der Waals surface area contributed by atoms with Crippen molar-refractivity contribution in [3.8, 4) is 0 Å². The van der Waals surface area contributed by atoms with Crippen molar-refractivity contribution in [2.24, 2.45) is 0 Å². The van der Waals surface area contributed by atoms with Crippen LogP contribution < -0.4 is 10.6 Å². The van der Waals surface area contributed by atoms with Gasteiger partial charge >= 0.3 is 12.0 Å². The fourth-order valence-electron chi connectivity index (χ4n) is 3.61. The van der Waals surface area contributed by atoms with E-state index in [1.807, 2.05) is 0 Å². The predicted octanol–water partition coefficient (Wildman–Crippen LogP) is 1.56. The van der Waals surface area contributed by atoms with E-state index in [4.69, 9.17) is 5.11 Å². The molecule has 1 saturated heterocycles. The van der Waals surface area contributed by atoms with Crippen LogP contribution in [0.3, 0.4) is 0 Å². The van der Waals surface area contributed by atoms with E-state index in [0.717, 1.165) is 58.2 Å². The zero-order valence-electron chi connectivity index (χ0n) is 12.9. The molecule has 0 aromatic carbocycles. The lowest BCUT2D eigenvalue weighted by molar-refractivity contribution is -0.138. The van der Waals surface area contributed by atoms with Crippen molar-refractivity contribution in [2.45, 2.75) is 63.5 Å². The second-order valence-electron chi connectivity index (χ2n) is 6.39. The van der Waals surface area contributed by atoms with Gasteiger partial charge in [0.15, 0.2) is 0 Å². The predicted molar refractivity (Wildman–Crippen MR) is 80.3 cm³/mol. The van der Waals surface area contributed by atoms with Gasteiger partial charge in [-0.15, -0.1) is 0 Å². The van der Waals surface area contributed by atoms with E-state index in [-0.39, 0.29) is 18.5 Å². The Hall–Kier alpha value is -1.30. The molecule has 1 heterocycles. The molecule has 1 atom stereocenters. The first-order chi connectivity index (χ1) is 10.0. The van der Waals surface area contributed by atoms with E-state index in [9.17, 15) is 9.59 Å². The lowest BCUT2D eigenvalue weighted by Crippen LogP contribution is -2.56. The fraction of sp³-hybridized carbons (Fsp3) is 0.867. The second-order valence-corrected chi connectivity index (χ2v) is 6.39. The summed E-state index contributed by atoms with van der Waals surface area (Å²) >= 11 is 0. The minimum atomic E-state index is -0.841. The zero-order valence-corrected chi connectivity index (χ0v) is 12.9. The third kappa shape index (κ3) is 4.59. The molecule has 1 aliphatic heterocycles. The fourth-order valence-corrected chi connectivity index (χ4v) is 3.61. The quantitative estimate of drug-likeness (QED) is 0.719. The molecule has 2 aliphatic rings. The number of carboxylic acids is 1. The van der Waals surface area contributed by atoms with Crippen LogP contribution in [-0.2, 0) is 4.79 Å². The summed E-state index contributed by atoms with van der Waals surface area (Å²) in [4.78, 5) is 25.6. The molecule has 2 amide bonds. The van der Waals surface area contributed by atoms with Gasteiger partial charge in [0.1, 0.15) is 0 Å². The second kappa shape index (κ2) is 7.11. The monoisotopic (exact) mass is 297 g/mol. The minimum Gasteiger partial charge on any atom is -0.481 e. The van der Waals surface area contributed by atoms with Gasteiger partial charge < -0.3 is 20.6 Å². The van der Waals surface area contributed by atoms with Gasteiger partial charge in [0, 0.05) is 12.6 Å². The van der Waals surface area contributed by atoms with Crippen LogP contribution in [0.1, 0.15) is 51.9 Å². The number of carbonyl (C=O) groups excluding carboxylic acids is 1. The number of piperidine rings is 1. The Labute approximate surface area is 126 Å². The van der Waals surface area contributed by atoms with Crippen molar-refractivity contribution in [2.75, 3.05) is 19.6 Å². The third-order valence-corrected chi connectivity index (χ3v) is 4.72. The van der Waals surface area contributed by atoms with Gasteiger partial charge in [-0.2, -0.15) is 0 Å². The van der Waals surface area contributed by atoms with Crippen LogP contribution in [0.2, 0.25) is 0 Å². The maximum absolute atomic E-state index is 12.2. The molecule has 1 saturated carbocycles. The van der Waals surface area contributed by atoms with Gasteiger partial charge in [-0.05, 0) is 38.8 Å². The summed E-state index contributed by atoms with van der Waals surface area (Å²) in [6, 6.07) is -0.0388. The average molecular weight is 297 g/mol. The molecule has 6 nitrogen and oxygen atoms in total. The normalized spacial score (nSPS) is 25.5. The molecule has 0 radical (unpaired) electrons. The summed E-state index contributed by atoms with van der Waals surface area (Å²) in [5.74, 6) is -0.841. The summed E-state index contributed by atoms with van der Waals surface area (Å²) in [6.45, 7) is 5.11. The molecule has 3 N–H and O–H groups in total. The van der Waals surface area contributed by atoms with Crippen LogP contribution in [0, 0.1) is 0 Å². The highest BCUT2D eigenvalue weighted by Gasteiger charge is 2.37. The third-order valence-electron chi connectivity index (χ3n) is 4.72. The number of aliphatic carboxylic acids is 1. The number of carbonyl (C=O) groups is 2. The van der Waals surface area contributed by atoms with Gasteiger partial charge in [-0.3, -0.25) is 4.79 Å². The van der Waals surface area contributed by atoms with Gasteiger partial charge in [-0.1, -0.05) is 19.8 Å². The Morgan fingerprint density at radius 1 is 1.29 bits per heavy atom. The Morgan fingerprint density at radius 3 is 2.62 bits per heavy atom. The van der Waals surface area contributed by atoms with E-state index in [1.54, 1.807) is 0 Å². The highest BCUT2D eigenvalue weighted by Crippen LogP contribution is 2.32. The molecule has 120 valence electrons. The van der Waals surface area contributed by atoms with Crippen molar-refractivity contribution in [1.82, 2.24) is 15.5 Å². The van der Waals surface area contributed by atoms with Crippen LogP contribution in [0.4, 0.5) is 4.79 Å². The van der Waals surface area contributed by atoms with Crippen molar-refractivity contribution in [3.63, 3.8) is 0 Å². The first-order valence-electron chi connectivity index (χ1n) is 8.06. The molecule has 2 fully saturated rings. The topological polar surface area (TPSA) is 81.7 Å². The first kappa shape index (κ1) is 16.1. The molecule has 0 aromatic rings. The largest absolute Gasteiger partial charge is 0.481 e. The highest BCUT2D eigenvalue weighted by molar-refractivity contribution is 5.77. The van der Waals surface area contributed by atoms with E-state index >= 15 is 0 Å². The number of carboxylic acid groups (broad SMARTS) is 1. The summed E-state index contributed by atoms with van der Waals surface area (Å²) in [6.07, 6.45) is 5.61. The standard InChI is InChI=1S/C15H27N3O3/c1-2-18-9-5-6-12(11-18)16-14(21)17-15(10-13(19)20)7-3-4-8-15/h12H,2-11H2,1H3,(H,19,20)(H2,16,17,21). The molecule has 1 aliphatic carbocycles. The highest BCUT2D eigenvalue weighted by atomic mass is 16.4. The summed E-state index contributed by atoms with van der Waals surface area (Å²) in [7, 11) is 0. The van der Waals surface area contributed by atoms with E-state index < -0.39 is 11.5 Å². The van der Waals surface area contributed by atoms with Crippen LogP contribution >= 0.6 is 0 Å². The summed E-state index contributed by atoms with van der Waals surface area (Å²) in [5.41, 5.74) is -0.547. The number of hydrogen-bond acceptors (Lipinski definition) is 3. The van der Waals surface area contributed by atoms with Crippen LogP contribution in [0.15, 0.2) is 0 Å². The minimum absolute atomic E-state index is 0.0200. The lowest BCUT2D eigenvalue weighted by atomic mass is 9.93. The molecule has 0 spiro atoms. The Balaban J connectivity index is 1.86. The van der Waals surface area contributed by atoms with Crippen LogP contribution in [0.25, 0.3) is 0 Å². The van der Waals surface area contributed by atoms with E-state index in [0.29, 0.717) is 0 Å². The zero-order chi connectivity index (χ0) is 15.3. The molecule has 1 unspecified atom stereocenters. The molecule has 0 aromatic heterocycles. The number of nitrogens with one attached hydrogen (secondary N) is 2. The van der Waals surface area contributed by atoms with Gasteiger partial charge in [0.2, 0.25) is 0 Å². The molecular formula is C15H27N3O3. The maximum Gasteiger partial charge on any atom is 0.315 e. The van der Waals surface area contributed by atoms with Crippen molar-refractivity contribution < 1.29 is 14.7 Å². The van der Waals surface area contributed by atoms with Gasteiger partial charge in [0.05, 0.1) is 12.0 Å². The summed E-state index contributed by atoms with van der Waals surface area (Å²) < 4.78 is 0. The molecule has 0 bridgehead atoms. The number of likely N-dealkylation sites (N-methyl/N-ethyl adjacent to an activating group) is 1. The maximum atomic E-state index is 12.2. The number of rotatable bonds is 5. The summed E-state index contributed by atoms with van der Waals surface area (Å²) in [5, 5.41) is 15.0. The van der Waals surface area contributed by atoms with Gasteiger partial charge in [0.25, 0.3) is 0 Å². The Morgan fingerprint density at radius 2 is 2.00 bits per heavy atom. The van der Waals surface area contributed by atoms with Crippen molar-refractivity contribution in [1.29, 1.82) is 0 Å². The first-order valence-corrected chi connectivity index (χ1v) is 8.06. The average Bonchev–Trinajstić information content (AvgIpc) is 2.85. The number of hydrogen-bond donors (Lipinski definition) is 3. The van der Waals surface area contributed by atoms with Crippen molar-refractivity contribution in [3.05, 3.63) is 0 Å². The van der Waals surface area contributed by atoms with E-state index in [1.165, 1.54) is 0 Å². The number of urea groups is 1. The SMILES string of the molecule is CCN1CCCC(NC(=O)NC2(CC(=O)O)CCCC2)C1. The molecule has 2 rings (SSSR count).